The number of aliphatic hydroxyl groups excluding tert-OH is 1. The van der Waals surface area contributed by atoms with Crippen molar-refractivity contribution in [2.24, 2.45) is 57.7 Å². The molecule has 6 unspecified atom stereocenters. The van der Waals surface area contributed by atoms with Crippen molar-refractivity contribution in [3.8, 4) is 0 Å². The van der Waals surface area contributed by atoms with E-state index in [4.69, 9.17) is 0 Å². The molecule has 0 spiro atoms. The Balaban J connectivity index is 2.13. The minimum absolute atomic E-state index is 0.122. The summed E-state index contributed by atoms with van der Waals surface area (Å²) in [7, 11) is 0. The molecular formula is C28H48O. The molecule has 3 fully saturated rings. The van der Waals surface area contributed by atoms with Gasteiger partial charge in [-0.2, -0.15) is 0 Å². The first kappa shape index (κ1) is 23.1. The maximum absolute atomic E-state index is 9.80. The van der Waals surface area contributed by atoms with Gasteiger partial charge in [0.15, 0.2) is 0 Å². The van der Waals surface area contributed by atoms with Crippen molar-refractivity contribution >= 4 is 0 Å². The fourth-order valence-corrected chi connectivity index (χ4v) is 8.05. The van der Waals surface area contributed by atoms with Crippen LogP contribution in [0.1, 0.15) is 87.0 Å². The number of allylic oxidation sites excluding steroid dienone is 1. The molecule has 0 amide bonds. The van der Waals surface area contributed by atoms with Gasteiger partial charge in [-0.05, 0) is 96.2 Å². The van der Waals surface area contributed by atoms with Gasteiger partial charge in [-0.1, -0.05) is 66.7 Å². The largest absolute Gasteiger partial charge is 0.392 e. The zero-order valence-electron chi connectivity index (χ0n) is 20.4. The molecule has 0 aromatic heterocycles. The Morgan fingerprint density at radius 1 is 1.10 bits per heavy atom. The van der Waals surface area contributed by atoms with E-state index in [9.17, 15) is 5.11 Å². The van der Waals surface area contributed by atoms with Crippen LogP contribution < -0.4 is 0 Å². The molecule has 0 saturated heterocycles. The van der Waals surface area contributed by atoms with Crippen molar-refractivity contribution in [2.75, 3.05) is 6.61 Å². The van der Waals surface area contributed by atoms with Crippen molar-refractivity contribution in [3.63, 3.8) is 0 Å². The second-order valence-electron chi connectivity index (χ2n) is 12.2. The topological polar surface area (TPSA) is 20.2 Å². The number of rotatable bonds is 6. The Bertz CT molecular complexity index is 636. The summed E-state index contributed by atoms with van der Waals surface area (Å²) in [5, 5.41) is 9.80. The lowest BCUT2D eigenvalue weighted by Gasteiger charge is -2.65. The Hall–Kier alpha value is -0.560. The molecule has 2 bridgehead atoms. The lowest BCUT2D eigenvalue weighted by Crippen LogP contribution is -2.58. The van der Waals surface area contributed by atoms with Gasteiger partial charge in [0.05, 0.1) is 6.61 Å². The molecule has 29 heavy (non-hydrogen) atoms. The third kappa shape index (κ3) is 3.58. The highest BCUT2D eigenvalue weighted by molar-refractivity contribution is 5.15. The average molecular weight is 401 g/mol. The molecule has 0 aliphatic heterocycles. The van der Waals surface area contributed by atoms with E-state index in [-0.39, 0.29) is 17.4 Å². The van der Waals surface area contributed by atoms with Crippen molar-refractivity contribution in [2.45, 2.75) is 87.0 Å². The van der Waals surface area contributed by atoms with Crippen molar-refractivity contribution in [1.82, 2.24) is 0 Å². The summed E-state index contributed by atoms with van der Waals surface area (Å²) in [6, 6.07) is 0. The van der Waals surface area contributed by atoms with Crippen LogP contribution in [0.3, 0.4) is 0 Å². The number of aliphatic hydroxyl groups is 1. The lowest BCUT2D eigenvalue weighted by molar-refractivity contribution is -0.161. The molecule has 3 rings (SSSR count). The summed E-state index contributed by atoms with van der Waals surface area (Å²) < 4.78 is 0. The molecule has 1 nitrogen and oxygen atoms in total. The van der Waals surface area contributed by atoms with Gasteiger partial charge in [0, 0.05) is 0 Å². The fourth-order valence-electron chi connectivity index (χ4n) is 8.05. The van der Waals surface area contributed by atoms with E-state index in [0.717, 1.165) is 23.8 Å². The van der Waals surface area contributed by atoms with E-state index in [1.807, 2.05) is 0 Å². The first-order valence-corrected chi connectivity index (χ1v) is 12.4. The molecule has 0 aromatic carbocycles. The highest BCUT2D eigenvalue weighted by atomic mass is 16.3. The number of fused-ring (bicyclic) bond motifs is 2. The predicted octanol–water partition coefficient (Wildman–Crippen LogP) is 7.51. The number of hydrogen-bond donors (Lipinski definition) is 1. The zero-order chi connectivity index (χ0) is 21.8. The van der Waals surface area contributed by atoms with Gasteiger partial charge < -0.3 is 5.11 Å². The summed E-state index contributed by atoms with van der Waals surface area (Å²) in [6.45, 7) is 26.4. The van der Waals surface area contributed by atoms with Crippen molar-refractivity contribution in [3.05, 3.63) is 24.8 Å². The van der Waals surface area contributed by atoms with Gasteiger partial charge in [0.1, 0.15) is 0 Å². The van der Waals surface area contributed by atoms with E-state index < -0.39 is 0 Å². The highest BCUT2D eigenvalue weighted by Crippen LogP contribution is 2.69. The standard InChI is InChI=1S/C28H48O/c1-10-26(8)16-25(13-18(2)17-29)27(9)20(4)11-12-28(23(27)7,22(6)21(26)5)15-24-14-19(24)3/h10,19-25,29H,1-2,11-17H2,3-9H3/t19?,20?,21?,22-,23?,24?,25+,26+,27+,28?/m0/s1. The lowest BCUT2D eigenvalue weighted by atomic mass is 9.39. The predicted molar refractivity (Wildman–Crippen MR) is 126 cm³/mol. The van der Waals surface area contributed by atoms with Crippen LogP contribution >= 0.6 is 0 Å². The molecule has 10 atom stereocenters. The Morgan fingerprint density at radius 3 is 2.24 bits per heavy atom. The average Bonchev–Trinajstić information content (AvgIpc) is 3.40. The van der Waals surface area contributed by atoms with Gasteiger partial charge in [-0.25, -0.2) is 0 Å². The quantitative estimate of drug-likeness (QED) is 0.457. The summed E-state index contributed by atoms with van der Waals surface area (Å²) in [4.78, 5) is 0. The zero-order valence-corrected chi connectivity index (χ0v) is 20.4. The molecule has 1 heteroatoms. The molecule has 3 aliphatic carbocycles. The summed E-state index contributed by atoms with van der Waals surface area (Å²) in [5.41, 5.74) is 1.86. The maximum atomic E-state index is 9.80. The second kappa shape index (κ2) is 7.85. The van der Waals surface area contributed by atoms with Crippen molar-refractivity contribution in [1.29, 1.82) is 0 Å². The van der Waals surface area contributed by atoms with Gasteiger partial charge in [0.25, 0.3) is 0 Å². The first-order chi connectivity index (χ1) is 13.5. The summed E-state index contributed by atoms with van der Waals surface area (Å²) in [5.74, 6) is 5.17. The molecule has 0 aromatic rings. The van der Waals surface area contributed by atoms with Crippen LogP contribution in [0, 0.1) is 57.7 Å². The van der Waals surface area contributed by atoms with Crippen LogP contribution in [0.5, 0.6) is 0 Å². The van der Waals surface area contributed by atoms with Crippen LogP contribution in [-0.4, -0.2) is 11.7 Å². The Kier molecular flexibility index (Phi) is 6.25. The fraction of sp³-hybridized carbons (Fsp3) is 0.857. The molecule has 166 valence electrons. The Labute approximate surface area is 181 Å². The van der Waals surface area contributed by atoms with Gasteiger partial charge in [0.2, 0.25) is 0 Å². The smallest absolute Gasteiger partial charge is 0.0639 e. The molecular weight excluding hydrogens is 352 g/mol. The van der Waals surface area contributed by atoms with E-state index in [1.165, 1.54) is 32.1 Å². The van der Waals surface area contributed by atoms with Crippen LogP contribution in [-0.2, 0) is 0 Å². The molecule has 3 saturated carbocycles. The molecule has 3 aliphatic rings. The maximum Gasteiger partial charge on any atom is 0.0639 e. The van der Waals surface area contributed by atoms with E-state index in [2.05, 4.69) is 67.7 Å². The Morgan fingerprint density at radius 2 is 1.72 bits per heavy atom. The van der Waals surface area contributed by atoms with E-state index >= 15 is 0 Å². The monoisotopic (exact) mass is 400 g/mol. The normalized spacial score (nSPS) is 52.3. The van der Waals surface area contributed by atoms with Crippen LogP contribution in [0.2, 0.25) is 0 Å². The highest BCUT2D eigenvalue weighted by Gasteiger charge is 2.62. The van der Waals surface area contributed by atoms with E-state index in [1.54, 1.807) is 0 Å². The van der Waals surface area contributed by atoms with Crippen LogP contribution in [0.15, 0.2) is 24.8 Å². The summed E-state index contributed by atoms with van der Waals surface area (Å²) in [6.07, 6.45) is 10.0. The van der Waals surface area contributed by atoms with Crippen LogP contribution in [0.25, 0.3) is 0 Å². The number of hydrogen-bond acceptors (Lipinski definition) is 1. The van der Waals surface area contributed by atoms with Gasteiger partial charge >= 0.3 is 0 Å². The molecule has 0 radical (unpaired) electrons. The first-order valence-electron chi connectivity index (χ1n) is 12.4. The molecule has 1 N–H and O–H groups in total. The minimum atomic E-state index is 0.122. The third-order valence-electron chi connectivity index (χ3n) is 11.3. The second-order valence-corrected chi connectivity index (χ2v) is 12.2. The van der Waals surface area contributed by atoms with E-state index in [0.29, 0.717) is 35.0 Å². The van der Waals surface area contributed by atoms with Crippen LogP contribution in [0.4, 0.5) is 0 Å². The summed E-state index contributed by atoms with van der Waals surface area (Å²) >= 11 is 0. The van der Waals surface area contributed by atoms with Gasteiger partial charge in [-0.3, -0.25) is 0 Å². The minimum Gasteiger partial charge on any atom is -0.392 e. The SMILES string of the molecule is C=C[C@]1(C)C[C@@H](CC(=C)CO)[C@]2(C)C(C)CCC(CC3CC3C)(C2C)[C@@H](C)C1C. The van der Waals surface area contributed by atoms with Crippen molar-refractivity contribution < 1.29 is 5.11 Å². The third-order valence-corrected chi connectivity index (χ3v) is 11.3. The van der Waals surface area contributed by atoms with Gasteiger partial charge in [-0.15, -0.1) is 6.58 Å². The molecule has 0 heterocycles.